The van der Waals surface area contributed by atoms with Crippen LogP contribution in [-0.4, -0.2) is 35.8 Å². The second-order valence-electron chi connectivity index (χ2n) is 6.63. The van der Waals surface area contributed by atoms with Gasteiger partial charge in [0.05, 0.1) is 6.57 Å². The molecule has 1 saturated heterocycles. The fourth-order valence-corrected chi connectivity index (χ4v) is 3.51. The lowest BCUT2D eigenvalue weighted by atomic mass is 10.0. The van der Waals surface area contributed by atoms with E-state index in [2.05, 4.69) is 4.85 Å². The molecular formula is C22H23N3O2. The summed E-state index contributed by atoms with van der Waals surface area (Å²) in [4.78, 5) is 32.3. The number of hydrogen-bond acceptors (Lipinski definition) is 2. The van der Waals surface area contributed by atoms with Gasteiger partial charge in [0, 0.05) is 36.8 Å². The van der Waals surface area contributed by atoms with Crippen LogP contribution in [0.3, 0.4) is 0 Å². The molecular weight excluding hydrogens is 338 g/mol. The van der Waals surface area contributed by atoms with Gasteiger partial charge in [0.1, 0.15) is 0 Å². The molecule has 1 aliphatic heterocycles. The van der Waals surface area contributed by atoms with Gasteiger partial charge in [-0.25, -0.2) is 4.85 Å². The molecule has 0 aromatic heterocycles. The molecule has 0 bridgehead atoms. The topological polar surface area (TPSA) is 45.0 Å². The number of carbonyl (C=O) groups is 2. The van der Waals surface area contributed by atoms with Crippen molar-refractivity contribution >= 4 is 23.2 Å². The summed E-state index contributed by atoms with van der Waals surface area (Å²) in [6.45, 7) is 10.1. The van der Waals surface area contributed by atoms with Crippen molar-refractivity contribution < 1.29 is 9.59 Å². The SMILES string of the molecule is [C-]#[N+]c1ccc(C(=O)N2CCC(N(C(=O)CC)c3ccccc3)CC2)cc1. The smallest absolute Gasteiger partial charge is 0.253 e. The number of amides is 2. The zero-order valence-corrected chi connectivity index (χ0v) is 15.5. The third-order valence-corrected chi connectivity index (χ3v) is 4.97. The normalized spacial score (nSPS) is 14.4. The number of para-hydroxylation sites is 1. The first-order valence-electron chi connectivity index (χ1n) is 9.28. The second-order valence-corrected chi connectivity index (χ2v) is 6.63. The predicted octanol–water partition coefficient (Wildman–Crippen LogP) is 4.29. The molecule has 0 N–H and O–H groups in total. The van der Waals surface area contributed by atoms with E-state index in [4.69, 9.17) is 6.57 Å². The highest BCUT2D eigenvalue weighted by atomic mass is 16.2. The average Bonchev–Trinajstić information content (AvgIpc) is 2.74. The number of hydrogen-bond donors (Lipinski definition) is 0. The summed E-state index contributed by atoms with van der Waals surface area (Å²) in [5, 5.41) is 0. The highest BCUT2D eigenvalue weighted by Crippen LogP contribution is 2.25. The summed E-state index contributed by atoms with van der Waals surface area (Å²) in [7, 11) is 0. The van der Waals surface area contributed by atoms with Crippen molar-refractivity contribution in [3.63, 3.8) is 0 Å². The maximum atomic E-state index is 12.7. The summed E-state index contributed by atoms with van der Waals surface area (Å²) in [6, 6.07) is 16.6. The van der Waals surface area contributed by atoms with E-state index in [1.165, 1.54) is 0 Å². The lowest BCUT2D eigenvalue weighted by Crippen LogP contribution is -2.49. The Kier molecular flexibility index (Phi) is 5.87. The Morgan fingerprint density at radius 3 is 2.26 bits per heavy atom. The molecule has 0 saturated carbocycles. The van der Waals surface area contributed by atoms with Gasteiger partial charge in [-0.05, 0) is 25.0 Å². The molecule has 1 fully saturated rings. The monoisotopic (exact) mass is 361 g/mol. The van der Waals surface area contributed by atoms with E-state index in [0.717, 1.165) is 18.5 Å². The Morgan fingerprint density at radius 1 is 1.07 bits per heavy atom. The Bertz CT molecular complexity index is 832. The van der Waals surface area contributed by atoms with E-state index in [1.807, 2.05) is 47.1 Å². The molecule has 3 rings (SSSR count). The zero-order valence-electron chi connectivity index (χ0n) is 15.5. The van der Waals surface area contributed by atoms with E-state index in [-0.39, 0.29) is 17.9 Å². The van der Waals surface area contributed by atoms with Crippen LogP contribution in [0.15, 0.2) is 54.6 Å². The number of benzene rings is 2. The maximum Gasteiger partial charge on any atom is 0.253 e. The minimum atomic E-state index is -0.0157. The fourth-order valence-electron chi connectivity index (χ4n) is 3.51. The summed E-state index contributed by atoms with van der Waals surface area (Å²) < 4.78 is 0. The van der Waals surface area contributed by atoms with E-state index in [1.54, 1.807) is 24.3 Å². The highest BCUT2D eigenvalue weighted by molar-refractivity contribution is 5.95. The van der Waals surface area contributed by atoms with Gasteiger partial charge in [-0.1, -0.05) is 49.4 Å². The van der Waals surface area contributed by atoms with E-state index in [9.17, 15) is 9.59 Å². The number of nitrogens with zero attached hydrogens (tertiary/aromatic N) is 3. The van der Waals surface area contributed by atoms with Gasteiger partial charge in [0.15, 0.2) is 5.69 Å². The molecule has 27 heavy (non-hydrogen) atoms. The first-order valence-corrected chi connectivity index (χ1v) is 9.28. The van der Waals surface area contributed by atoms with Crippen LogP contribution in [0.5, 0.6) is 0 Å². The Balaban J connectivity index is 1.68. The summed E-state index contributed by atoms with van der Waals surface area (Å²) in [5.41, 5.74) is 2.05. The molecule has 0 radical (unpaired) electrons. The molecule has 0 spiro atoms. The molecule has 2 aromatic carbocycles. The summed E-state index contributed by atoms with van der Waals surface area (Å²) >= 11 is 0. The Labute approximate surface area is 160 Å². The molecule has 2 aromatic rings. The van der Waals surface area contributed by atoms with E-state index >= 15 is 0 Å². The standard InChI is InChI=1S/C22H23N3O2/c1-3-21(26)25(19-7-5-4-6-8-19)20-13-15-24(16-14-20)22(27)17-9-11-18(23-2)12-10-17/h4-12,20H,3,13-16H2,1H3. The van der Waals surface area contributed by atoms with Gasteiger partial charge < -0.3 is 9.80 Å². The van der Waals surface area contributed by atoms with Gasteiger partial charge >= 0.3 is 0 Å². The van der Waals surface area contributed by atoms with Gasteiger partial charge in [0.2, 0.25) is 5.91 Å². The summed E-state index contributed by atoms with van der Waals surface area (Å²) in [5.74, 6) is 0.0961. The van der Waals surface area contributed by atoms with Gasteiger partial charge in [-0.3, -0.25) is 9.59 Å². The minimum Gasteiger partial charge on any atom is -0.338 e. The Morgan fingerprint density at radius 2 is 1.70 bits per heavy atom. The molecule has 0 atom stereocenters. The van der Waals surface area contributed by atoms with Crippen molar-refractivity contribution in [2.75, 3.05) is 18.0 Å². The molecule has 0 unspecified atom stereocenters. The predicted molar refractivity (Wildman–Crippen MR) is 106 cm³/mol. The molecule has 0 aliphatic carbocycles. The van der Waals surface area contributed by atoms with Crippen LogP contribution < -0.4 is 4.90 Å². The van der Waals surface area contributed by atoms with Crippen LogP contribution in [0.1, 0.15) is 36.5 Å². The van der Waals surface area contributed by atoms with E-state index in [0.29, 0.717) is 30.8 Å². The number of carbonyl (C=O) groups excluding carboxylic acids is 2. The molecule has 5 heteroatoms. The lowest BCUT2D eigenvalue weighted by Gasteiger charge is -2.38. The highest BCUT2D eigenvalue weighted by Gasteiger charge is 2.30. The molecule has 1 heterocycles. The number of anilines is 1. The minimum absolute atomic E-state index is 0.0157. The van der Waals surface area contributed by atoms with Gasteiger partial charge in [-0.2, -0.15) is 0 Å². The third kappa shape index (κ3) is 4.17. The van der Waals surface area contributed by atoms with Crippen molar-refractivity contribution in [3.05, 3.63) is 71.6 Å². The molecule has 138 valence electrons. The quantitative estimate of drug-likeness (QED) is 0.763. The molecule has 2 amide bonds. The van der Waals surface area contributed by atoms with Gasteiger partial charge in [-0.15, -0.1) is 0 Å². The van der Waals surface area contributed by atoms with Crippen molar-refractivity contribution in [1.82, 2.24) is 4.90 Å². The number of rotatable bonds is 4. The van der Waals surface area contributed by atoms with Crippen LogP contribution in [0.2, 0.25) is 0 Å². The van der Waals surface area contributed by atoms with Crippen molar-refractivity contribution in [2.45, 2.75) is 32.2 Å². The first-order chi connectivity index (χ1) is 13.1. The van der Waals surface area contributed by atoms with Gasteiger partial charge in [0.25, 0.3) is 5.91 Å². The maximum absolute atomic E-state index is 12.7. The van der Waals surface area contributed by atoms with Crippen LogP contribution in [0, 0.1) is 6.57 Å². The van der Waals surface area contributed by atoms with Crippen LogP contribution in [0.25, 0.3) is 4.85 Å². The number of piperidine rings is 1. The first kappa shape index (κ1) is 18.7. The zero-order chi connectivity index (χ0) is 19.2. The van der Waals surface area contributed by atoms with E-state index < -0.39 is 0 Å². The van der Waals surface area contributed by atoms with Crippen molar-refractivity contribution in [1.29, 1.82) is 0 Å². The Hall–Kier alpha value is -3.13. The van der Waals surface area contributed by atoms with Crippen LogP contribution in [0.4, 0.5) is 11.4 Å². The van der Waals surface area contributed by atoms with Crippen molar-refractivity contribution in [3.8, 4) is 0 Å². The van der Waals surface area contributed by atoms with Crippen molar-refractivity contribution in [2.24, 2.45) is 0 Å². The third-order valence-electron chi connectivity index (χ3n) is 4.97. The molecule has 5 nitrogen and oxygen atoms in total. The molecule has 1 aliphatic rings. The largest absolute Gasteiger partial charge is 0.338 e. The van der Waals surface area contributed by atoms with Crippen LogP contribution >= 0.6 is 0 Å². The number of likely N-dealkylation sites (tertiary alicyclic amines) is 1. The second kappa shape index (κ2) is 8.50. The summed E-state index contributed by atoms with van der Waals surface area (Å²) in [6.07, 6.45) is 1.97. The lowest BCUT2D eigenvalue weighted by molar-refractivity contribution is -0.119. The average molecular weight is 361 g/mol. The fraction of sp³-hybridized carbons (Fsp3) is 0.318. The van der Waals surface area contributed by atoms with Crippen LogP contribution in [-0.2, 0) is 4.79 Å².